The molecule has 3 rings (SSSR count). The Labute approximate surface area is 215 Å². The Kier molecular flexibility index (Phi) is 9.19. The highest BCUT2D eigenvalue weighted by molar-refractivity contribution is 7.99. The molecule has 35 heavy (non-hydrogen) atoms. The maximum atomic E-state index is 12.7. The number of thioether (sulfide) groups is 1. The van der Waals surface area contributed by atoms with Crippen LogP contribution in [0.4, 0.5) is 10.6 Å². The summed E-state index contributed by atoms with van der Waals surface area (Å²) in [5.41, 5.74) is 0.617. The van der Waals surface area contributed by atoms with Gasteiger partial charge in [0.25, 0.3) is 5.91 Å². The van der Waals surface area contributed by atoms with Gasteiger partial charge in [-0.25, -0.2) is 14.6 Å². The fourth-order valence-electron chi connectivity index (χ4n) is 3.26. The number of carboxylic acid groups (broad SMARTS) is 1. The number of aliphatic carboxylic acids is 1. The Hall–Kier alpha value is -3.02. The quantitative estimate of drug-likeness (QED) is 0.463. The lowest BCUT2D eigenvalue weighted by Crippen LogP contribution is -2.52. The van der Waals surface area contributed by atoms with E-state index in [1.54, 1.807) is 19.1 Å². The van der Waals surface area contributed by atoms with Gasteiger partial charge in [0, 0.05) is 18.4 Å². The molecular formula is C22H22Cl2N4O6S. The summed E-state index contributed by atoms with van der Waals surface area (Å²) in [5, 5.41) is 15.1. The summed E-state index contributed by atoms with van der Waals surface area (Å²) in [7, 11) is 0. The standard InChI is InChI=1S/C22H22Cl2N4O6S/c1-2-34-22(33)28-11-35-10-16(28)19(29)26-15(21(31)32)8-12-6-7-17(25-9-12)27-20(30)18-13(23)4-3-5-14(18)24/h3-7,9,15-16H,2,8,10-11H2,1H3,(H,26,29)(H,31,32)(H,25,27,30). The minimum absolute atomic E-state index is 0.0576. The van der Waals surface area contributed by atoms with E-state index in [1.165, 1.54) is 41.1 Å². The third-order valence-corrected chi connectivity index (χ3v) is 6.64. The molecular weight excluding hydrogens is 519 g/mol. The van der Waals surface area contributed by atoms with Crippen LogP contribution < -0.4 is 10.6 Å². The van der Waals surface area contributed by atoms with Gasteiger partial charge < -0.3 is 20.5 Å². The predicted molar refractivity (Wildman–Crippen MR) is 132 cm³/mol. The molecule has 2 unspecified atom stereocenters. The van der Waals surface area contributed by atoms with Crippen molar-refractivity contribution in [3.05, 3.63) is 57.7 Å². The highest BCUT2D eigenvalue weighted by atomic mass is 35.5. The Morgan fingerprint density at radius 1 is 1.23 bits per heavy atom. The number of amides is 3. The summed E-state index contributed by atoms with van der Waals surface area (Å²) < 4.78 is 4.96. The van der Waals surface area contributed by atoms with E-state index in [-0.39, 0.29) is 40.3 Å². The highest BCUT2D eigenvalue weighted by Gasteiger charge is 2.37. The molecule has 3 N–H and O–H groups in total. The molecule has 1 aliphatic heterocycles. The first-order valence-electron chi connectivity index (χ1n) is 10.5. The van der Waals surface area contributed by atoms with Crippen LogP contribution in [-0.2, 0) is 20.7 Å². The molecule has 0 spiro atoms. The number of aromatic nitrogens is 1. The molecule has 1 aromatic heterocycles. The monoisotopic (exact) mass is 540 g/mol. The fraction of sp³-hybridized carbons (Fsp3) is 0.318. The summed E-state index contributed by atoms with van der Waals surface area (Å²) in [6.07, 6.45) is 0.713. The first-order chi connectivity index (χ1) is 16.7. The molecule has 0 bridgehead atoms. The topological polar surface area (TPSA) is 138 Å². The van der Waals surface area contributed by atoms with Gasteiger partial charge in [-0.2, -0.15) is 0 Å². The normalized spacial score (nSPS) is 15.9. The molecule has 1 saturated heterocycles. The number of carbonyl (C=O) groups excluding carboxylic acids is 3. The smallest absolute Gasteiger partial charge is 0.411 e. The van der Waals surface area contributed by atoms with E-state index in [4.69, 9.17) is 27.9 Å². The van der Waals surface area contributed by atoms with Gasteiger partial charge in [0.2, 0.25) is 5.91 Å². The van der Waals surface area contributed by atoms with Crippen LogP contribution >= 0.6 is 35.0 Å². The molecule has 0 radical (unpaired) electrons. The Morgan fingerprint density at radius 3 is 2.54 bits per heavy atom. The fourth-order valence-corrected chi connectivity index (χ4v) is 4.97. The number of hydrogen-bond donors (Lipinski definition) is 3. The number of pyridine rings is 1. The number of anilines is 1. The zero-order chi connectivity index (χ0) is 25.5. The van der Waals surface area contributed by atoms with Crippen LogP contribution in [-0.4, -0.2) is 69.2 Å². The van der Waals surface area contributed by atoms with E-state index in [0.717, 1.165) is 0 Å². The second-order valence-electron chi connectivity index (χ2n) is 7.39. The number of rotatable bonds is 8. The van der Waals surface area contributed by atoms with Crippen LogP contribution in [0.15, 0.2) is 36.5 Å². The Balaban J connectivity index is 1.63. The molecule has 0 saturated carbocycles. The van der Waals surface area contributed by atoms with E-state index in [9.17, 15) is 24.3 Å². The zero-order valence-electron chi connectivity index (χ0n) is 18.5. The van der Waals surface area contributed by atoms with E-state index >= 15 is 0 Å². The number of nitrogens with one attached hydrogen (secondary N) is 2. The van der Waals surface area contributed by atoms with Gasteiger partial charge in [-0.05, 0) is 30.7 Å². The van der Waals surface area contributed by atoms with E-state index in [0.29, 0.717) is 11.3 Å². The summed E-state index contributed by atoms with van der Waals surface area (Å²) in [5.74, 6) is -1.54. The molecule has 2 heterocycles. The number of benzene rings is 1. The summed E-state index contributed by atoms with van der Waals surface area (Å²) >= 11 is 13.5. The van der Waals surface area contributed by atoms with Crippen molar-refractivity contribution in [3.63, 3.8) is 0 Å². The number of carboxylic acids is 1. The van der Waals surface area contributed by atoms with E-state index < -0.39 is 36.0 Å². The van der Waals surface area contributed by atoms with Crippen LogP contribution in [0.1, 0.15) is 22.8 Å². The van der Waals surface area contributed by atoms with Crippen LogP contribution in [0.5, 0.6) is 0 Å². The molecule has 2 atom stereocenters. The minimum Gasteiger partial charge on any atom is -0.480 e. The van der Waals surface area contributed by atoms with Crippen molar-refractivity contribution >= 4 is 64.7 Å². The highest BCUT2D eigenvalue weighted by Crippen LogP contribution is 2.25. The molecule has 186 valence electrons. The van der Waals surface area contributed by atoms with Crippen molar-refractivity contribution in [1.29, 1.82) is 0 Å². The molecule has 0 aliphatic carbocycles. The molecule has 2 aromatic rings. The van der Waals surface area contributed by atoms with Gasteiger partial charge in [-0.1, -0.05) is 35.3 Å². The van der Waals surface area contributed by atoms with Crippen LogP contribution in [0, 0.1) is 0 Å². The lowest BCUT2D eigenvalue weighted by atomic mass is 10.1. The number of ether oxygens (including phenoxy) is 1. The summed E-state index contributed by atoms with van der Waals surface area (Å²) in [6, 6.07) is 5.69. The van der Waals surface area contributed by atoms with Gasteiger partial charge in [-0.3, -0.25) is 14.5 Å². The molecule has 1 fully saturated rings. The van der Waals surface area contributed by atoms with Crippen LogP contribution in [0.3, 0.4) is 0 Å². The Bertz CT molecular complexity index is 1100. The van der Waals surface area contributed by atoms with Crippen molar-refractivity contribution in [1.82, 2.24) is 15.2 Å². The van der Waals surface area contributed by atoms with Gasteiger partial charge in [0.1, 0.15) is 17.9 Å². The average molecular weight is 541 g/mol. The minimum atomic E-state index is -1.25. The molecule has 1 aliphatic rings. The summed E-state index contributed by atoms with van der Waals surface area (Å²) in [4.78, 5) is 54.4. The SMILES string of the molecule is CCOC(=O)N1CSCC1C(=O)NC(Cc1ccc(NC(=O)c2c(Cl)cccc2Cl)nc1)C(=O)O. The van der Waals surface area contributed by atoms with E-state index in [1.807, 2.05) is 0 Å². The first-order valence-corrected chi connectivity index (χ1v) is 12.4. The largest absolute Gasteiger partial charge is 0.480 e. The lowest BCUT2D eigenvalue weighted by Gasteiger charge is -2.24. The molecule has 10 nitrogen and oxygen atoms in total. The van der Waals surface area contributed by atoms with Crippen molar-refractivity contribution in [3.8, 4) is 0 Å². The number of nitrogens with zero attached hydrogens (tertiary/aromatic N) is 2. The van der Waals surface area contributed by atoms with E-state index in [2.05, 4.69) is 15.6 Å². The first kappa shape index (κ1) is 26.6. The summed E-state index contributed by atoms with van der Waals surface area (Å²) in [6.45, 7) is 1.83. The van der Waals surface area contributed by atoms with Gasteiger partial charge in [0.15, 0.2) is 0 Å². The van der Waals surface area contributed by atoms with Crippen molar-refractivity contribution in [2.24, 2.45) is 0 Å². The van der Waals surface area contributed by atoms with Gasteiger partial charge >= 0.3 is 12.1 Å². The molecule has 13 heteroatoms. The maximum absolute atomic E-state index is 12.7. The van der Waals surface area contributed by atoms with Crippen molar-refractivity contribution in [2.75, 3.05) is 23.6 Å². The van der Waals surface area contributed by atoms with Crippen molar-refractivity contribution < 1.29 is 29.0 Å². The predicted octanol–water partition coefficient (Wildman–Crippen LogP) is 3.28. The average Bonchev–Trinajstić information content (AvgIpc) is 3.30. The molecule has 3 amide bonds. The van der Waals surface area contributed by atoms with Crippen molar-refractivity contribution in [2.45, 2.75) is 25.4 Å². The number of halogens is 2. The molecule has 1 aromatic carbocycles. The lowest BCUT2D eigenvalue weighted by molar-refractivity contribution is -0.142. The number of hydrogen-bond acceptors (Lipinski definition) is 7. The second-order valence-corrected chi connectivity index (χ2v) is 9.20. The van der Waals surface area contributed by atoms with Crippen LogP contribution in [0.2, 0.25) is 10.0 Å². The van der Waals surface area contributed by atoms with Gasteiger partial charge in [-0.15, -0.1) is 11.8 Å². The van der Waals surface area contributed by atoms with Crippen LogP contribution in [0.25, 0.3) is 0 Å². The Morgan fingerprint density at radius 2 is 1.94 bits per heavy atom. The third kappa shape index (κ3) is 6.77. The zero-order valence-corrected chi connectivity index (χ0v) is 20.8. The van der Waals surface area contributed by atoms with Gasteiger partial charge in [0.05, 0.1) is 28.1 Å². The number of carbonyl (C=O) groups is 4. The third-order valence-electron chi connectivity index (χ3n) is 5.00. The maximum Gasteiger partial charge on any atom is 0.411 e. The second kappa shape index (κ2) is 12.1.